The van der Waals surface area contributed by atoms with Crippen molar-refractivity contribution in [1.82, 2.24) is 4.57 Å². The Balaban J connectivity index is 2.01. The van der Waals surface area contributed by atoms with Crippen molar-refractivity contribution in [3.8, 4) is 0 Å². The predicted octanol–water partition coefficient (Wildman–Crippen LogP) is 2.25. The maximum atomic E-state index is 11.8. The standard InChI is InChI=1S/C14H14N2O2/c1-11-4-6-12(7-5-11)15-14(18)9-16-8-2-3-13(16)10-17/h2-8,10H,9H2,1H3,(H,15,18). The highest BCUT2D eigenvalue weighted by atomic mass is 16.2. The Hall–Kier alpha value is -2.36. The first-order chi connectivity index (χ1) is 8.69. The third kappa shape index (κ3) is 2.85. The summed E-state index contributed by atoms with van der Waals surface area (Å²) < 4.78 is 1.61. The second-order valence-electron chi connectivity index (χ2n) is 4.09. The van der Waals surface area contributed by atoms with E-state index in [-0.39, 0.29) is 12.5 Å². The van der Waals surface area contributed by atoms with Gasteiger partial charge in [-0.1, -0.05) is 17.7 Å². The van der Waals surface area contributed by atoms with Crippen molar-refractivity contribution in [3.63, 3.8) is 0 Å². The van der Waals surface area contributed by atoms with E-state index in [4.69, 9.17) is 0 Å². The molecule has 0 saturated heterocycles. The molecule has 1 aromatic carbocycles. The van der Waals surface area contributed by atoms with Gasteiger partial charge in [0.2, 0.25) is 5.91 Å². The Bertz CT molecular complexity index is 555. The minimum atomic E-state index is -0.154. The molecule has 2 rings (SSSR count). The minimum absolute atomic E-state index is 0.134. The molecule has 2 aromatic rings. The van der Waals surface area contributed by atoms with Crippen molar-refractivity contribution in [2.75, 3.05) is 5.32 Å². The van der Waals surface area contributed by atoms with Crippen molar-refractivity contribution >= 4 is 17.9 Å². The highest BCUT2D eigenvalue weighted by Crippen LogP contribution is 2.09. The van der Waals surface area contributed by atoms with Crippen LogP contribution in [0.25, 0.3) is 0 Å². The lowest BCUT2D eigenvalue weighted by Gasteiger charge is -2.07. The Labute approximate surface area is 105 Å². The van der Waals surface area contributed by atoms with E-state index in [1.54, 1.807) is 22.9 Å². The van der Waals surface area contributed by atoms with E-state index in [1.165, 1.54) is 0 Å². The van der Waals surface area contributed by atoms with Crippen LogP contribution < -0.4 is 5.32 Å². The minimum Gasteiger partial charge on any atom is -0.336 e. The summed E-state index contributed by atoms with van der Waals surface area (Å²) in [6.45, 7) is 2.12. The lowest BCUT2D eigenvalue weighted by Crippen LogP contribution is -2.19. The number of rotatable bonds is 4. The fourth-order valence-electron chi connectivity index (χ4n) is 1.67. The van der Waals surface area contributed by atoms with Gasteiger partial charge in [0.05, 0.1) is 5.69 Å². The van der Waals surface area contributed by atoms with E-state index in [0.717, 1.165) is 17.5 Å². The fraction of sp³-hybridized carbons (Fsp3) is 0.143. The number of nitrogens with one attached hydrogen (secondary N) is 1. The molecule has 4 heteroatoms. The molecule has 1 amide bonds. The number of hydrogen-bond acceptors (Lipinski definition) is 2. The molecule has 0 spiro atoms. The zero-order valence-corrected chi connectivity index (χ0v) is 10.1. The fourth-order valence-corrected chi connectivity index (χ4v) is 1.67. The maximum Gasteiger partial charge on any atom is 0.244 e. The number of carbonyl (C=O) groups is 2. The quantitative estimate of drug-likeness (QED) is 0.836. The van der Waals surface area contributed by atoms with E-state index in [9.17, 15) is 9.59 Å². The molecule has 0 aliphatic heterocycles. The van der Waals surface area contributed by atoms with Gasteiger partial charge in [0.25, 0.3) is 0 Å². The van der Waals surface area contributed by atoms with Crippen molar-refractivity contribution in [2.24, 2.45) is 0 Å². The summed E-state index contributed by atoms with van der Waals surface area (Å²) >= 11 is 0. The predicted molar refractivity (Wildman–Crippen MR) is 69.6 cm³/mol. The van der Waals surface area contributed by atoms with Crippen LogP contribution in [-0.2, 0) is 11.3 Å². The summed E-state index contributed by atoms with van der Waals surface area (Å²) in [6.07, 6.45) is 2.44. The molecule has 1 heterocycles. The average molecular weight is 242 g/mol. The molecule has 0 fully saturated rings. The summed E-state index contributed by atoms with van der Waals surface area (Å²) in [4.78, 5) is 22.5. The van der Waals surface area contributed by atoms with Crippen LogP contribution in [0.5, 0.6) is 0 Å². The number of aromatic nitrogens is 1. The Morgan fingerprint density at radius 3 is 2.67 bits per heavy atom. The molecule has 1 aromatic heterocycles. The molecular formula is C14H14N2O2. The number of benzene rings is 1. The highest BCUT2D eigenvalue weighted by Gasteiger charge is 2.06. The van der Waals surface area contributed by atoms with E-state index in [0.29, 0.717) is 5.69 Å². The van der Waals surface area contributed by atoms with Crippen LogP contribution in [0, 0.1) is 6.92 Å². The molecule has 0 aliphatic rings. The van der Waals surface area contributed by atoms with Crippen molar-refractivity contribution < 1.29 is 9.59 Å². The largest absolute Gasteiger partial charge is 0.336 e. The molecule has 0 saturated carbocycles. The van der Waals surface area contributed by atoms with Crippen LogP contribution in [0.2, 0.25) is 0 Å². The normalized spacial score (nSPS) is 10.1. The van der Waals surface area contributed by atoms with Crippen LogP contribution in [0.1, 0.15) is 16.1 Å². The van der Waals surface area contributed by atoms with Gasteiger partial charge in [-0.15, -0.1) is 0 Å². The first-order valence-corrected chi connectivity index (χ1v) is 5.66. The van der Waals surface area contributed by atoms with Crippen molar-refractivity contribution in [3.05, 3.63) is 53.9 Å². The van der Waals surface area contributed by atoms with Gasteiger partial charge in [0.15, 0.2) is 6.29 Å². The molecular weight excluding hydrogens is 228 g/mol. The molecule has 92 valence electrons. The van der Waals surface area contributed by atoms with Gasteiger partial charge in [-0.05, 0) is 31.2 Å². The van der Waals surface area contributed by atoms with E-state index in [1.807, 2.05) is 31.2 Å². The van der Waals surface area contributed by atoms with Crippen LogP contribution >= 0.6 is 0 Å². The van der Waals surface area contributed by atoms with Gasteiger partial charge >= 0.3 is 0 Å². The lowest BCUT2D eigenvalue weighted by molar-refractivity contribution is -0.116. The molecule has 0 atom stereocenters. The Morgan fingerprint density at radius 2 is 2.00 bits per heavy atom. The first kappa shape index (κ1) is 12.1. The van der Waals surface area contributed by atoms with Gasteiger partial charge in [-0.3, -0.25) is 9.59 Å². The molecule has 0 unspecified atom stereocenters. The van der Waals surface area contributed by atoms with E-state index in [2.05, 4.69) is 5.32 Å². The number of nitrogens with zero attached hydrogens (tertiary/aromatic N) is 1. The van der Waals surface area contributed by atoms with E-state index >= 15 is 0 Å². The van der Waals surface area contributed by atoms with Gasteiger partial charge < -0.3 is 9.88 Å². The second kappa shape index (κ2) is 5.31. The summed E-state index contributed by atoms with van der Waals surface area (Å²) in [5.41, 5.74) is 2.39. The summed E-state index contributed by atoms with van der Waals surface area (Å²) in [5, 5.41) is 2.78. The van der Waals surface area contributed by atoms with Gasteiger partial charge in [-0.25, -0.2) is 0 Å². The molecule has 0 radical (unpaired) electrons. The van der Waals surface area contributed by atoms with Crippen LogP contribution in [0.3, 0.4) is 0 Å². The third-order valence-electron chi connectivity index (χ3n) is 2.63. The first-order valence-electron chi connectivity index (χ1n) is 5.66. The molecule has 4 nitrogen and oxygen atoms in total. The van der Waals surface area contributed by atoms with Gasteiger partial charge in [-0.2, -0.15) is 0 Å². The summed E-state index contributed by atoms with van der Waals surface area (Å²) in [7, 11) is 0. The Morgan fingerprint density at radius 1 is 1.28 bits per heavy atom. The number of aryl methyl sites for hydroxylation is 1. The summed E-state index contributed by atoms with van der Waals surface area (Å²) in [6, 6.07) is 11.0. The highest BCUT2D eigenvalue weighted by molar-refractivity contribution is 5.91. The molecule has 1 N–H and O–H groups in total. The molecule has 0 bridgehead atoms. The van der Waals surface area contributed by atoms with Crippen molar-refractivity contribution in [2.45, 2.75) is 13.5 Å². The number of aldehydes is 1. The molecule has 18 heavy (non-hydrogen) atoms. The number of hydrogen-bond donors (Lipinski definition) is 1. The summed E-state index contributed by atoms with van der Waals surface area (Å²) in [5.74, 6) is -0.154. The SMILES string of the molecule is Cc1ccc(NC(=O)Cn2cccc2C=O)cc1. The Kier molecular flexibility index (Phi) is 3.57. The average Bonchev–Trinajstić information content (AvgIpc) is 2.79. The van der Waals surface area contributed by atoms with Crippen LogP contribution in [0.4, 0.5) is 5.69 Å². The van der Waals surface area contributed by atoms with Gasteiger partial charge in [0, 0.05) is 11.9 Å². The lowest BCUT2D eigenvalue weighted by atomic mass is 10.2. The topological polar surface area (TPSA) is 51.1 Å². The zero-order chi connectivity index (χ0) is 13.0. The van der Waals surface area contributed by atoms with E-state index < -0.39 is 0 Å². The third-order valence-corrected chi connectivity index (χ3v) is 2.63. The van der Waals surface area contributed by atoms with Crippen LogP contribution in [0.15, 0.2) is 42.6 Å². The molecule has 0 aliphatic carbocycles. The zero-order valence-electron chi connectivity index (χ0n) is 10.1. The van der Waals surface area contributed by atoms with Crippen molar-refractivity contribution in [1.29, 1.82) is 0 Å². The number of amides is 1. The van der Waals surface area contributed by atoms with Gasteiger partial charge in [0.1, 0.15) is 6.54 Å². The number of carbonyl (C=O) groups excluding carboxylic acids is 2. The maximum absolute atomic E-state index is 11.8. The second-order valence-corrected chi connectivity index (χ2v) is 4.09. The number of anilines is 1. The monoisotopic (exact) mass is 242 g/mol. The smallest absolute Gasteiger partial charge is 0.244 e. The van der Waals surface area contributed by atoms with Crippen LogP contribution in [-0.4, -0.2) is 16.8 Å².